The number of aryl methyl sites for hydroxylation is 1. The van der Waals surface area contributed by atoms with Gasteiger partial charge in [-0.25, -0.2) is 0 Å². The number of hydrogen-bond acceptors (Lipinski definition) is 4. The normalized spacial score (nSPS) is 27.2. The average molecular weight is 553 g/mol. The minimum absolute atomic E-state index is 0.0201. The molecule has 6 nitrogen and oxygen atoms in total. The summed E-state index contributed by atoms with van der Waals surface area (Å²) >= 11 is 0. The molecule has 2 fully saturated rings. The topological polar surface area (TPSA) is 70.1 Å². The number of hydrogen-bond donors (Lipinski definition) is 1. The highest BCUT2D eigenvalue weighted by molar-refractivity contribution is 6.72. The molecule has 0 aromatic heterocycles. The van der Waals surface area contributed by atoms with Gasteiger partial charge in [0.25, 0.3) is 0 Å². The highest BCUT2D eigenvalue weighted by atomic mass is 28.4. The third-order valence-electron chi connectivity index (χ3n) is 9.00. The zero-order valence-corrected chi connectivity index (χ0v) is 24.3. The molecule has 5 rings (SSSR count). The van der Waals surface area contributed by atoms with E-state index in [4.69, 9.17) is 4.74 Å². The maximum Gasteiger partial charge on any atom is 0.246 e. The van der Waals surface area contributed by atoms with E-state index in [2.05, 4.69) is 25.1 Å². The van der Waals surface area contributed by atoms with Crippen molar-refractivity contribution in [3.8, 4) is 0 Å². The first-order valence-corrected chi connectivity index (χ1v) is 17.3. The minimum Gasteiger partial charge on any atom is -0.394 e. The maximum atomic E-state index is 15.6. The Kier molecular flexibility index (Phi) is 8.26. The molecule has 0 radical (unpaired) electrons. The lowest BCUT2D eigenvalue weighted by Gasteiger charge is -2.37. The number of rotatable bonds is 8. The van der Waals surface area contributed by atoms with E-state index >= 15 is 4.11 Å². The molecule has 3 heterocycles. The number of ether oxygens (including phenoxy) is 1. The summed E-state index contributed by atoms with van der Waals surface area (Å²) in [5, 5.41) is 10.0. The van der Waals surface area contributed by atoms with Gasteiger partial charge >= 0.3 is 0 Å². The first-order chi connectivity index (χ1) is 18.7. The Morgan fingerprint density at radius 3 is 2.46 bits per heavy atom. The highest BCUT2D eigenvalue weighted by Gasteiger charge is 2.52. The Bertz CT molecular complexity index is 1180. The van der Waals surface area contributed by atoms with Crippen molar-refractivity contribution in [3.05, 3.63) is 65.2 Å². The predicted octanol–water partition coefficient (Wildman–Crippen LogP) is 5.03. The molecule has 3 aliphatic heterocycles. The highest BCUT2D eigenvalue weighted by Crippen LogP contribution is 2.47. The zero-order chi connectivity index (χ0) is 27.7. The molecule has 39 heavy (non-hydrogen) atoms. The largest absolute Gasteiger partial charge is 0.394 e. The van der Waals surface area contributed by atoms with Crippen LogP contribution in [0.4, 0.5) is 9.80 Å². The second-order valence-corrected chi connectivity index (χ2v) is 15.8. The zero-order valence-electron chi connectivity index (χ0n) is 23.3. The van der Waals surface area contributed by atoms with Crippen LogP contribution in [0.5, 0.6) is 0 Å². The summed E-state index contributed by atoms with van der Waals surface area (Å²) in [6.45, 7) is 6.67. The summed E-state index contributed by atoms with van der Waals surface area (Å²) in [6.07, 6.45) is 3.26. The molecular formula is C31H41FN2O4Si. The number of amides is 2. The van der Waals surface area contributed by atoms with Crippen molar-refractivity contribution in [1.82, 2.24) is 4.90 Å². The van der Waals surface area contributed by atoms with Crippen molar-refractivity contribution < 1.29 is 23.5 Å². The number of benzene rings is 2. The van der Waals surface area contributed by atoms with Crippen LogP contribution in [-0.4, -0.2) is 61.6 Å². The van der Waals surface area contributed by atoms with Crippen LogP contribution in [0.3, 0.4) is 0 Å². The van der Waals surface area contributed by atoms with Crippen LogP contribution in [0.25, 0.3) is 0 Å². The van der Waals surface area contributed by atoms with Crippen molar-refractivity contribution in [2.75, 3.05) is 18.1 Å². The van der Waals surface area contributed by atoms with Crippen molar-refractivity contribution in [1.29, 1.82) is 0 Å². The van der Waals surface area contributed by atoms with Crippen LogP contribution in [-0.2, 0) is 33.7 Å². The van der Waals surface area contributed by atoms with Gasteiger partial charge in [0.15, 0.2) is 0 Å². The quantitative estimate of drug-likeness (QED) is 0.368. The van der Waals surface area contributed by atoms with Gasteiger partial charge in [-0.2, -0.15) is 0 Å². The first kappa shape index (κ1) is 28.0. The van der Waals surface area contributed by atoms with E-state index in [-0.39, 0.29) is 48.4 Å². The summed E-state index contributed by atoms with van der Waals surface area (Å²) in [5.41, 5.74) is 4.11. The number of halogens is 1. The summed E-state index contributed by atoms with van der Waals surface area (Å²) in [5.74, 6) is 0.128. The Morgan fingerprint density at radius 1 is 1.10 bits per heavy atom. The van der Waals surface area contributed by atoms with Gasteiger partial charge in [-0.3, -0.25) is 9.59 Å². The third kappa shape index (κ3) is 5.98. The van der Waals surface area contributed by atoms with Gasteiger partial charge in [0, 0.05) is 30.7 Å². The van der Waals surface area contributed by atoms with Crippen molar-refractivity contribution in [2.24, 2.45) is 5.92 Å². The number of carbonyl (C=O) groups excluding carboxylic acids is 2. The molecular weight excluding hydrogens is 511 g/mol. The monoisotopic (exact) mass is 552 g/mol. The van der Waals surface area contributed by atoms with Crippen LogP contribution in [0.1, 0.15) is 49.3 Å². The number of anilines is 1. The van der Waals surface area contributed by atoms with E-state index in [0.29, 0.717) is 19.4 Å². The first-order valence-electron chi connectivity index (χ1n) is 14.4. The molecule has 0 spiro atoms. The fraction of sp³-hybridized carbons (Fsp3) is 0.548. The van der Waals surface area contributed by atoms with E-state index in [0.717, 1.165) is 42.6 Å². The standard InChI is InChI=1S/C31H41FN2O4Si/c1-21-27(15-12-22-10-13-25(14-11-22)33-16-6-9-29(33)36)38-28(31(21)39(2,3)32)18-30(37)34-19-24-8-5-4-7-23(24)17-26(34)20-35/h4-5,7-8,10-11,13-14,21,26-28,31,35H,6,9,12,15-20H2,1-3H3/t21-,26-,27+,28-,31+/m0/s1. The minimum atomic E-state index is -3.11. The number of fused-ring (bicyclic) bond motifs is 1. The number of aliphatic hydroxyl groups excluding tert-OH is 1. The van der Waals surface area contributed by atoms with Gasteiger partial charge in [0.2, 0.25) is 20.2 Å². The Hall–Kier alpha value is -2.55. The number of aliphatic hydroxyl groups is 1. The third-order valence-corrected chi connectivity index (χ3v) is 11.5. The smallest absolute Gasteiger partial charge is 0.246 e. The molecule has 1 N–H and O–H groups in total. The molecule has 210 valence electrons. The second-order valence-electron chi connectivity index (χ2n) is 12.1. The van der Waals surface area contributed by atoms with E-state index in [1.165, 1.54) is 5.56 Å². The Labute approximate surface area is 232 Å². The molecule has 0 aliphatic carbocycles. The van der Waals surface area contributed by atoms with Gasteiger partial charge in [0.1, 0.15) is 0 Å². The van der Waals surface area contributed by atoms with Gasteiger partial charge in [-0.1, -0.05) is 43.3 Å². The van der Waals surface area contributed by atoms with E-state index in [9.17, 15) is 14.7 Å². The van der Waals surface area contributed by atoms with E-state index in [1.54, 1.807) is 18.0 Å². The van der Waals surface area contributed by atoms with Crippen molar-refractivity contribution in [3.63, 3.8) is 0 Å². The molecule has 2 aromatic carbocycles. The Balaban J connectivity index is 1.24. The van der Waals surface area contributed by atoms with Crippen LogP contribution < -0.4 is 4.90 Å². The maximum absolute atomic E-state index is 15.6. The Morgan fingerprint density at radius 2 is 1.82 bits per heavy atom. The SMILES string of the molecule is C[C@@H]1[C@@H]([Si](C)(C)F)[C@H](CC(=O)N2Cc3ccccc3C[C@H]2CO)O[C@@H]1CCc1ccc(N2CCCC2=O)cc1. The lowest BCUT2D eigenvalue weighted by Crippen LogP contribution is -2.48. The molecule has 2 amide bonds. The molecule has 5 atom stereocenters. The summed E-state index contributed by atoms with van der Waals surface area (Å²) in [4.78, 5) is 29.2. The van der Waals surface area contributed by atoms with Crippen molar-refractivity contribution >= 4 is 25.9 Å². The van der Waals surface area contributed by atoms with Crippen LogP contribution in [0.2, 0.25) is 18.6 Å². The predicted molar refractivity (Wildman–Crippen MR) is 153 cm³/mol. The molecule has 3 aliphatic rings. The molecule has 2 aromatic rings. The molecule has 0 unspecified atom stereocenters. The number of carbonyl (C=O) groups is 2. The van der Waals surface area contributed by atoms with Gasteiger partial charge < -0.3 is 23.8 Å². The van der Waals surface area contributed by atoms with Gasteiger partial charge in [-0.15, -0.1) is 0 Å². The van der Waals surface area contributed by atoms with Gasteiger partial charge in [0.05, 0.1) is 31.3 Å². The van der Waals surface area contributed by atoms with Crippen molar-refractivity contribution in [2.45, 2.75) is 88.9 Å². The number of nitrogens with zero attached hydrogens (tertiary/aromatic N) is 2. The fourth-order valence-corrected chi connectivity index (χ4v) is 9.53. The second kappa shape index (κ2) is 11.5. The summed E-state index contributed by atoms with van der Waals surface area (Å²) < 4.78 is 22.1. The fourth-order valence-electron chi connectivity index (χ4n) is 6.98. The van der Waals surface area contributed by atoms with Gasteiger partial charge in [-0.05, 0) is 73.5 Å². The summed E-state index contributed by atoms with van der Waals surface area (Å²) in [6, 6.07) is 15.9. The summed E-state index contributed by atoms with van der Waals surface area (Å²) in [7, 11) is -3.11. The van der Waals surface area contributed by atoms with E-state index < -0.39 is 14.5 Å². The van der Waals surface area contributed by atoms with Crippen LogP contribution in [0.15, 0.2) is 48.5 Å². The molecule has 0 saturated carbocycles. The lowest BCUT2D eigenvalue weighted by atomic mass is 9.93. The lowest BCUT2D eigenvalue weighted by molar-refractivity contribution is -0.138. The average Bonchev–Trinajstić information content (AvgIpc) is 3.48. The van der Waals surface area contributed by atoms with Crippen LogP contribution in [0, 0.1) is 5.92 Å². The van der Waals surface area contributed by atoms with Crippen LogP contribution >= 0.6 is 0 Å². The molecule has 8 heteroatoms. The molecule has 2 saturated heterocycles. The van der Waals surface area contributed by atoms with E-state index in [1.807, 2.05) is 35.2 Å². The molecule has 0 bridgehead atoms.